The Morgan fingerprint density at radius 3 is 2.74 bits per heavy atom. The van der Waals surface area contributed by atoms with E-state index in [0.29, 0.717) is 5.82 Å². The first-order chi connectivity index (χ1) is 9.00. The Bertz CT molecular complexity index is 518. The van der Waals surface area contributed by atoms with Crippen LogP contribution in [0.1, 0.15) is 37.7 Å². The summed E-state index contributed by atoms with van der Waals surface area (Å²) in [6, 6.07) is 0. The second kappa shape index (κ2) is 5.92. The van der Waals surface area contributed by atoms with E-state index in [2.05, 4.69) is 9.82 Å². The number of rotatable bonds is 5. The maximum absolute atomic E-state index is 12.1. The fourth-order valence-electron chi connectivity index (χ4n) is 2.63. The lowest BCUT2D eigenvalue weighted by Gasteiger charge is -2.21. The molecule has 108 valence electrons. The highest BCUT2D eigenvalue weighted by Gasteiger charge is 2.22. The van der Waals surface area contributed by atoms with Crippen molar-refractivity contribution in [3.8, 4) is 0 Å². The highest BCUT2D eigenvalue weighted by molar-refractivity contribution is 7.92. The van der Waals surface area contributed by atoms with E-state index < -0.39 is 10.0 Å². The molecule has 0 aliphatic heterocycles. The Hall–Kier alpha value is -1.08. The molecular weight excluding hydrogens is 264 g/mol. The normalized spacial score (nSPS) is 17.6. The number of aryl methyl sites for hydroxylation is 1. The Morgan fingerprint density at radius 2 is 2.11 bits per heavy atom. The van der Waals surface area contributed by atoms with Crippen molar-refractivity contribution in [1.29, 1.82) is 0 Å². The molecule has 0 bridgehead atoms. The van der Waals surface area contributed by atoms with Crippen molar-refractivity contribution < 1.29 is 8.42 Å². The summed E-state index contributed by atoms with van der Waals surface area (Å²) in [5, 5.41) is 4.11. The average molecular weight is 286 g/mol. The third kappa shape index (κ3) is 3.94. The highest BCUT2D eigenvalue weighted by atomic mass is 32.2. The fraction of sp³-hybridized carbons (Fsp3) is 0.750. The molecule has 0 amide bonds. The molecule has 7 heteroatoms. The zero-order valence-corrected chi connectivity index (χ0v) is 12.1. The largest absolute Gasteiger partial charge is 0.326 e. The number of anilines is 1. The maximum Gasteiger partial charge on any atom is 0.234 e. The minimum atomic E-state index is -3.33. The topological polar surface area (TPSA) is 90.0 Å². The van der Waals surface area contributed by atoms with Crippen molar-refractivity contribution in [2.24, 2.45) is 18.7 Å². The summed E-state index contributed by atoms with van der Waals surface area (Å²) in [7, 11) is -1.59. The summed E-state index contributed by atoms with van der Waals surface area (Å²) in [6.45, 7) is 0.273. The van der Waals surface area contributed by atoms with E-state index in [-0.39, 0.29) is 18.2 Å². The smallest absolute Gasteiger partial charge is 0.234 e. The van der Waals surface area contributed by atoms with Crippen LogP contribution in [0.4, 0.5) is 5.82 Å². The molecule has 1 aliphatic rings. The second-order valence-electron chi connectivity index (χ2n) is 5.27. The number of nitrogens with two attached hydrogens (primary N) is 1. The van der Waals surface area contributed by atoms with Gasteiger partial charge in [-0.05, 0) is 18.8 Å². The summed E-state index contributed by atoms with van der Waals surface area (Å²) in [5.41, 5.74) is 6.30. The van der Waals surface area contributed by atoms with Gasteiger partial charge in [0.2, 0.25) is 10.0 Å². The SMILES string of the molecule is Cn1cc(CN)c(NS(=O)(=O)CC2CCCCC2)n1. The molecule has 1 saturated carbocycles. The van der Waals surface area contributed by atoms with Gasteiger partial charge in [-0.3, -0.25) is 9.40 Å². The van der Waals surface area contributed by atoms with Gasteiger partial charge in [-0.2, -0.15) is 5.10 Å². The first-order valence-corrected chi connectivity index (χ1v) is 8.38. The van der Waals surface area contributed by atoms with E-state index in [1.54, 1.807) is 17.9 Å². The van der Waals surface area contributed by atoms with Gasteiger partial charge in [0.05, 0.1) is 5.75 Å². The monoisotopic (exact) mass is 286 g/mol. The van der Waals surface area contributed by atoms with E-state index in [1.807, 2.05) is 0 Å². The van der Waals surface area contributed by atoms with Gasteiger partial charge in [-0.25, -0.2) is 8.42 Å². The molecule has 3 N–H and O–H groups in total. The van der Waals surface area contributed by atoms with Crippen LogP contribution in [0.25, 0.3) is 0 Å². The molecule has 1 aromatic heterocycles. The first-order valence-electron chi connectivity index (χ1n) is 6.73. The molecule has 2 rings (SSSR count). The van der Waals surface area contributed by atoms with E-state index in [0.717, 1.165) is 31.2 Å². The summed E-state index contributed by atoms with van der Waals surface area (Å²) in [5.74, 6) is 0.824. The van der Waals surface area contributed by atoms with Crippen molar-refractivity contribution in [1.82, 2.24) is 9.78 Å². The summed E-state index contributed by atoms with van der Waals surface area (Å²) < 4.78 is 28.4. The zero-order valence-electron chi connectivity index (χ0n) is 11.3. The van der Waals surface area contributed by atoms with Crippen LogP contribution in [0, 0.1) is 5.92 Å². The molecule has 0 atom stereocenters. The van der Waals surface area contributed by atoms with Gasteiger partial charge in [-0.1, -0.05) is 19.3 Å². The minimum Gasteiger partial charge on any atom is -0.326 e. The number of nitrogens with one attached hydrogen (secondary N) is 1. The Balaban J connectivity index is 2.03. The molecule has 1 aliphatic carbocycles. The quantitative estimate of drug-likeness (QED) is 0.851. The lowest BCUT2D eigenvalue weighted by atomic mass is 9.91. The Morgan fingerprint density at radius 1 is 1.42 bits per heavy atom. The van der Waals surface area contributed by atoms with Gasteiger partial charge in [0.1, 0.15) is 0 Å². The summed E-state index contributed by atoms with van der Waals surface area (Å²) in [6.07, 6.45) is 7.25. The van der Waals surface area contributed by atoms with Gasteiger partial charge in [-0.15, -0.1) is 0 Å². The third-order valence-corrected chi connectivity index (χ3v) is 4.97. The van der Waals surface area contributed by atoms with Gasteiger partial charge in [0.25, 0.3) is 0 Å². The minimum absolute atomic E-state index is 0.188. The fourth-order valence-corrected chi connectivity index (χ4v) is 4.13. The lowest BCUT2D eigenvalue weighted by Crippen LogP contribution is -2.25. The van der Waals surface area contributed by atoms with Crippen LogP contribution in [0.5, 0.6) is 0 Å². The molecule has 0 radical (unpaired) electrons. The molecule has 19 heavy (non-hydrogen) atoms. The van der Waals surface area contributed by atoms with Gasteiger partial charge < -0.3 is 5.73 Å². The van der Waals surface area contributed by atoms with Crippen LogP contribution < -0.4 is 10.5 Å². The van der Waals surface area contributed by atoms with Crippen molar-refractivity contribution in [3.05, 3.63) is 11.8 Å². The van der Waals surface area contributed by atoms with Crippen LogP contribution in [-0.2, 0) is 23.6 Å². The predicted octanol–water partition coefficient (Wildman–Crippen LogP) is 1.20. The molecule has 1 aromatic rings. The van der Waals surface area contributed by atoms with Crippen molar-refractivity contribution in [2.45, 2.75) is 38.6 Å². The van der Waals surface area contributed by atoms with Crippen molar-refractivity contribution in [3.63, 3.8) is 0 Å². The zero-order chi connectivity index (χ0) is 13.9. The third-order valence-electron chi connectivity index (χ3n) is 3.56. The lowest BCUT2D eigenvalue weighted by molar-refractivity contribution is 0.385. The number of hydrogen-bond acceptors (Lipinski definition) is 4. The van der Waals surface area contributed by atoms with Crippen LogP contribution in [0.15, 0.2) is 6.20 Å². The number of sulfonamides is 1. The molecule has 0 spiro atoms. The van der Waals surface area contributed by atoms with Gasteiger partial charge in [0, 0.05) is 25.4 Å². The number of hydrogen-bond donors (Lipinski definition) is 2. The van der Waals surface area contributed by atoms with E-state index in [4.69, 9.17) is 5.73 Å². The Labute approximate surface area is 114 Å². The molecule has 6 nitrogen and oxygen atoms in total. The van der Waals surface area contributed by atoms with Crippen LogP contribution in [0.3, 0.4) is 0 Å². The maximum atomic E-state index is 12.1. The van der Waals surface area contributed by atoms with Crippen LogP contribution in [-0.4, -0.2) is 24.0 Å². The predicted molar refractivity (Wildman–Crippen MR) is 75.1 cm³/mol. The first kappa shape index (κ1) is 14.3. The van der Waals surface area contributed by atoms with Gasteiger partial charge in [0.15, 0.2) is 5.82 Å². The molecule has 0 unspecified atom stereocenters. The molecule has 1 fully saturated rings. The van der Waals surface area contributed by atoms with Crippen molar-refractivity contribution in [2.75, 3.05) is 10.5 Å². The molecular formula is C12H22N4O2S. The molecule has 0 aromatic carbocycles. The van der Waals surface area contributed by atoms with E-state index >= 15 is 0 Å². The number of nitrogens with zero attached hydrogens (tertiary/aromatic N) is 2. The van der Waals surface area contributed by atoms with Crippen molar-refractivity contribution >= 4 is 15.8 Å². The Kier molecular flexibility index (Phi) is 4.46. The highest BCUT2D eigenvalue weighted by Crippen LogP contribution is 2.25. The van der Waals surface area contributed by atoms with Crippen LogP contribution >= 0.6 is 0 Å². The van der Waals surface area contributed by atoms with E-state index in [9.17, 15) is 8.42 Å². The molecule has 0 saturated heterocycles. The standard InChI is InChI=1S/C12H22N4O2S/c1-16-8-11(7-13)12(14-16)15-19(17,18)9-10-5-3-2-4-6-10/h8,10H,2-7,9,13H2,1H3,(H,14,15). The summed E-state index contributed by atoms with van der Waals surface area (Å²) >= 11 is 0. The second-order valence-corrected chi connectivity index (χ2v) is 7.04. The number of aromatic nitrogens is 2. The molecule has 1 heterocycles. The van der Waals surface area contributed by atoms with Crippen LogP contribution in [0.2, 0.25) is 0 Å². The van der Waals surface area contributed by atoms with Gasteiger partial charge >= 0.3 is 0 Å². The average Bonchev–Trinajstić information content (AvgIpc) is 2.69. The van der Waals surface area contributed by atoms with E-state index in [1.165, 1.54) is 6.42 Å². The summed E-state index contributed by atoms with van der Waals surface area (Å²) in [4.78, 5) is 0.